The molecule has 29 heavy (non-hydrogen) atoms. The summed E-state index contributed by atoms with van der Waals surface area (Å²) in [5, 5.41) is 9.15. The van der Waals surface area contributed by atoms with E-state index in [0.717, 1.165) is 28.0 Å². The molecule has 0 fully saturated rings. The Hall–Kier alpha value is -3.86. The molecule has 5 heteroatoms. The Morgan fingerprint density at radius 2 is 1.21 bits per heavy atom. The Kier molecular flexibility index (Phi) is 6.09. The van der Waals surface area contributed by atoms with Crippen LogP contribution in [0.1, 0.15) is 37.4 Å². The summed E-state index contributed by atoms with van der Waals surface area (Å²) >= 11 is 0. The number of benzene rings is 3. The molecule has 146 valence electrons. The zero-order valence-electron chi connectivity index (χ0n) is 16.1. The van der Waals surface area contributed by atoms with Crippen LogP contribution in [0.4, 0.5) is 0 Å². The number of methoxy groups -OCH3 is 2. The third-order valence-corrected chi connectivity index (χ3v) is 4.49. The lowest BCUT2D eigenvalue weighted by Gasteiger charge is -2.11. The van der Waals surface area contributed by atoms with Crippen molar-refractivity contribution >= 4 is 23.6 Å². The molecule has 0 aliphatic heterocycles. The van der Waals surface area contributed by atoms with E-state index >= 15 is 0 Å². The first-order chi connectivity index (χ1) is 14.0. The largest absolute Gasteiger partial charge is 0.497 e. The average Bonchev–Trinajstić information content (AvgIpc) is 2.77. The number of carbonyl (C=O) groups is 2. The van der Waals surface area contributed by atoms with Gasteiger partial charge in [0, 0.05) is 0 Å². The number of esters is 1. The van der Waals surface area contributed by atoms with E-state index in [1.807, 2.05) is 42.5 Å². The number of carboxylic acids is 1. The molecule has 0 radical (unpaired) electrons. The van der Waals surface area contributed by atoms with E-state index in [4.69, 9.17) is 14.6 Å². The van der Waals surface area contributed by atoms with Crippen LogP contribution in [0.15, 0.2) is 72.8 Å². The number of carbonyl (C=O) groups excluding carboxylic acids is 1. The van der Waals surface area contributed by atoms with Crippen LogP contribution in [-0.4, -0.2) is 31.3 Å². The summed E-state index contributed by atoms with van der Waals surface area (Å²) < 4.78 is 9.96. The van der Waals surface area contributed by atoms with Gasteiger partial charge in [0.2, 0.25) is 0 Å². The average molecular weight is 388 g/mol. The quantitative estimate of drug-likeness (QED) is 0.486. The van der Waals surface area contributed by atoms with Gasteiger partial charge < -0.3 is 14.6 Å². The second-order valence-corrected chi connectivity index (χ2v) is 6.28. The maximum Gasteiger partial charge on any atom is 0.337 e. The zero-order valence-corrected chi connectivity index (χ0v) is 16.1. The minimum Gasteiger partial charge on any atom is -0.497 e. The van der Waals surface area contributed by atoms with Crippen molar-refractivity contribution in [2.75, 3.05) is 14.2 Å². The number of hydrogen-bond donors (Lipinski definition) is 1. The van der Waals surface area contributed by atoms with Crippen LogP contribution in [0.3, 0.4) is 0 Å². The molecule has 5 nitrogen and oxygen atoms in total. The van der Waals surface area contributed by atoms with Crippen molar-refractivity contribution < 1.29 is 24.2 Å². The summed E-state index contributed by atoms with van der Waals surface area (Å²) in [5.74, 6) is -0.611. The van der Waals surface area contributed by atoms with E-state index < -0.39 is 11.9 Å². The predicted octanol–water partition coefficient (Wildman–Crippen LogP) is 4.77. The van der Waals surface area contributed by atoms with Gasteiger partial charge in [0.05, 0.1) is 25.3 Å². The molecule has 0 aliphatic carbocycles. The minimum absolute atomic E-state index is 0.221. The summed E-state index contributed by atoms with van der Waals surface area (Å²) in [4.78, 5) is 22.9. The molecule has 0 heterocycles. The van der Waals surface area contributed by atoms with Crippen molar-refractivity contribution in [2.45, 2.75) is 0 Å². The fourth-order valence-corrected chi connectivity index (χ4v) is 2.90. The Morgan fingerprint density at radius 1 is 0.724 bits per heavy atom. The smallest absolute Gasteiger partial charge is 0.337 e. The van der Waals surface area contributed by atoms with E-state index in [1.54, 1.807) is 43.5 Å². The van der Waals surface area contributed by atoms with Crippen molar-refractivity contribution in [2.24, 2.45) is 0 Å². The predicted molar refractivity (Wildman–Crippen MR) is 111 cm³/mol. The molecule has 0 aromatic heterocycles. The van der Waals surface area contributed by atoms with Gasteiger partial charge in [-0.15, -0.1) is 0 Å². The highest BCUT2D eigenvalue weighted by atomic mass is 16.5. The zero-order chi connectivity index (χ0) is 20.8. The fraction of sp³-hybridized carbons (Fsp3) is 0.0833. The first-order valence-corrected chi connectivity index (χ1v) is 8.90. The van der Waals surface area contributed by atoms with Crippen LogP contribution in [0.25, 0.3) is 11.6 Å². The Balaban J connectivity index is 2.06. The number of aromatic carboxylic acids is 1. The van der Waals surface area contributed by atoms with Crippen LogP contribution in [0, 0.1) is 0 Å². The second kappa shape index (κ2) is 8.89. The van der Waals surface area contributed by atoms with Crippen molar-refractivity contribution in [3.05, 3.63) is 101 Å². The third-order valence-electron chi connectivity index (χ3n) is 4.49. The number of ether oxygens (including phenoxy) is 2. The summed E-state index contributed by atoms with van der Waals surface area (Å²) in [7, 11) is 2.96. The van der Waals surface area contributed by atoms with Gasteiger partial charge in [0.25, 0.3) is 0 Å². The summed E-state index contributed by atoms with van der Waals surface area (Å²) in [6.45, 7) is 0. The molecule has 0 aliphatic rings. The highest BCUT2D eigenvalue weighted by molar-refractivity contribution is 5.95. The monoisotopic (exact) mass is 388 g/mol. The minimum atomic E-state index is -0.973. The van der Waals surface area contributed by atoms with Crippen LogP contribution in [0.2, 0.25) is 0 Å². The van der Waals surface area contributed by atoms with Gasteiger partial charge in [-0.1, -0.05) is 36.4 Å². The molecule has 0 amide bonds. The van der Waals surface area contributed by atoms with Crippen LogP contribution in [-0.2, 0) is 4.74 Å². The van der Waals surface area contributed by atoms with Crippen molar-refractivity contribution in [1.82, 2.24) is 0 Å². The summed E-state index contributed by atoms with van der Waals surface area (Å²) in [6, 6.07) is 21.4. The molecular weight excluding hydrogens is 368 g/mol. The number of carboxylic acid groups (broad SMARTS) is 1. The molecule has 3 aromatic rings. The van der Waals surface area contributed by atoms with E-state index in [0.29, 0.717) is 5.56 Å². The van der Waals surface area contributed by atoms with Gasteiger partial charge in [-0.05, 0) is 64.7 Å². The summed E-state index contributed by atoms with van der Waals surface area (Å²) in [5.41, 5.74) is 4.27. The van der Waals surface area contributed by atoms with Crippen LogP contribution in [0.5, 0.6) is 5.75 Å². The standard InChI is InChI=1S/C24H20O5/c1-28-21-13-3-16(4-14-21)15-22(17-5-9-19(10-6-17)23(25)26)18-7-11-20(12-8-18)24(27)29-2/h3-15H,1-2H3,(H,25,26). The van der Waals surface area contributed by atoms with E-state index in [9.17, 15) is 9.59 Å². The first kappa shape index (κ1) is 19.9. The van der Waals surface area contributed by atoms with Crippen molar-refractivity contribution in [1.29, 1.82) is 0 Å². The number of hydrogen-bond acceptors (Lipinski definition) is 4. The Bertz CT molecular complexity index is 1030. The molecule has 0 atom stereocenters. The topological polar surface area (TPSA) is 72.8 Å². The van der Waals surface area contributed by atoms with Gasteiger partial charge in [-0.3, -0.25) is 0 Å². The Morgan fingerprint density at radius 3 is 1.66 bits per heavy atom. The highest BCUT2D eigenvalue weighted by Gasteiger charge is 2.10. The van der Waals surface area contributed by atoms with E-state index in [2.05, 4.69) is 0 Å². The Labute approximate surface area is 168 Å². The van der Waals surface area contributed by atoms with Crippen LogP contribution >= 0.6 is 0 Å². The van der Waals surface area contributed by atoms with E-state index in [1.165, 1.54) is 7.11 Å². The first-order valence-electron chi connectivity index (χ1n) is 8.90. The number of rotatable bonds is 6. The molecule has 0 unspecified atom stereocenters. The third kappa shape index (κ3) is 4.71. The normalized spacial score (nSPS) is 11.0. The molecule has 0 saturated heterocycles. The SMILES string of the molecule is COC(=O)c1ccc(C(=Cc2ccc(OC)cc2)c2ccc(C(=O)O)cc2)cc1. The maximum absolute atomic E-state index is 11.7. The van der Waals surface area contributed by atoms with Crippen molar-refractivity contribution in [3.8, 4) is 5.75 Å². The lowest BCUT2D eigenvalue weighted by Crippen LogP contribution is -2.01. The fourth-order valence-electron chi connectivity index (χ4n) is 2.90. The molecule has 3 rings (SSSR count). The lowest BCUT2D eigenvalue weighted by atomic mass is 9.94. The van der Waals surface area contributed by atoms with Gasteiger partial charge in [0.1, 0.15) is 5.75 Å². The second-order valence-electron chi connectivity index (χ2n) is 6.28. The summed E-state index contributed by atoms with van der Waals surface area (Å²) in [6.07, 6.45) is 2.00. The molecule has 3 aromatic carbocycles. The van der Waals surface area contributed by atoms with E-state index in [-0.39, 0.29) is 5.56 Å². The molecule has 0 saturated carbocycles. The van der Waals surface area contributed by atoms with Gasteiger partial charge in [-0.25, -0.2) is 9.59 Å². The van der Waals surface area contributed by atoms with Gasteiger partial charge >= 0.3 is 11.9 Å². The van der Waals surface area contributed by atoms with Gasteiger partial charge in [0.15, 0.2) is 0 Å². The lowest BCUT2D eigenvalue weighted by molar-refractivity contribution is 0.0599. The molecule has 0 spiro atoms. The molecular formula is C24H20O5. The van der Waals surface area contributed by atoms with Crippen molar-refractivity contribution in [3.63, 3.8) is 0 Å². The molecule has 0 bridgehead atoms. The maximum atomic E-state index is 11.7. The molecule has 1 N–H and O–H groups in total. The van der Waals surface area contributed by atoms with Crippen LogP contribution < -0.4 is 4.74 Å². The highest BCUT2D eigenvalue weighted by Crippen LogP contribution is 2.27. The van der Waals surface area contributed by atoms with Gasteiger partial charge in [-0.2, -0.15) is 0 Å².